The van der Waals surface area contributed by atoms with Crippen molar-refractivity contribution in [2.45, 2.75) is 57.3 Å². The van der Waals surface area contributed by atoms with E-state index in [4.69, 9.17) is 0 Å². The van der Waals surface area contributed by atoms with Crippen molar-refractivity contribution in [3.05, 3.63) is 18.3 Å². The first-order chi connectivity index (χ1) is 11.4. The second kappa shape index (κ2) is 7.00. The van der Waals surface area contributed by atoms with Crippen LogP contribution in [0.5, 0.6) is 0 Å². The van der Waals surface area contributed by atoms with E-state index in [0.29, 0.717) is 29.2 Å². The second-order valence-corrected chi connectivity index (χ2v) is 9.70. The van der Waals surface area contributed by atoms with Gasteiger partial charge in [-0.25, -0.2) is 13.4 Å². The Morgan fingerprint density at radius 1 is 1.00 bits per heavy atom. The Labute approximate surface area is 146 Å². The van der Waals surface area contributed by atoms with Gasteiger partial charge >= 0.3 is 0 Å². The van der Waals surface area contributed by atoms with E-state index in [-0.39, 0.29) is 0 Å². The van der Waals surface area contributed by atoms with E-state index in [0.717, 1.165) is 45.2 Å². The van der Waals surface area contributed by atoms with E-state index in [1.165, 1.54) is 6.42 Å². The summed E-state index contributed by atoms with van der Waals surface area (Å²) in [5.74, 6) is 0.640. The molecule has 134 valence electrons. The molecule has 0 atom stereocenters. The van der Waals surface area contributed by atoms with E-state index in [9.17, 15) is 8.42 Å². The van der Waals surface area contributed by atoms with Gasteiger partial charge in [-0.2, -0.15) is 4.31 Å². The van der Waals surface area contributed by atoms with Crippen molar-refractivity contribution in [1.82, 2.24) is 9.29 Å². The topological polar surface area (TPSA) is 53.5 Å². The lowest BCUT2D eigenvalue weighted by Crippen LogP contribution is -2.37. The molecule has 0 aliphatic carbocycles. The van der Waals surface area contributed by atoms with Gasteiger partial charge in [-0.3, -0.25) is 0 Å². The molecule has 2 aliphatic rings. The van der Waals surface area contributed by atoms with Gasteiger partial charge in [-0.05, 0) is 49.7 Å². The van der Waals surface area contributed by atoms with Crippen LogP contribution in [0.15, 0.2) is 23.2 Å². The van der Waals surface area contributed by atoms with Gasteiger partial charge in [0.05, 0.1) is 0 Å². The molecule has 6 heteroatoms. The molecule has 0 spiro atoms. The fraction of sp³-hybridized carbons (Fsp3) is 0.722. The first-order valence-corrected chi connectivity index (χ1v) is 10.5. The molecule has 0 bridgehead atoms. The van der Waals surface area contributed by atoms with E-state index in [1.807, 2.05) is 0 Å². The number of aromatic nitrogens is 1. The van der Waals surface area contributed by atoms with E-state index in [1.54, 1.807) is 22.6 Å². The van der Waals surface area contributed by atoms with Crippen LogP contribution in [0.2, 0.25) is 0 Å². The average molecular weight is 352 g/mol. The molecule has 0 amide bonds. The Morgan fingerprint density at radius 3 is 2.50 bits per heavy atom. The number of nitrogens with zero attached hydrogens (tertiary/aromatic N) is 3. The molecular formula is C18H29N3O2S. The maximum absolute atomic E-state index is 13.1. The Balaban J connectivity index is 1.90. The molecule has 1 aromatic rings. The summed E-state index contributed by atoms with van der Waals surface area (Å²) in [6, 6.07) is 3.46. The SMILES string of the molecule is CC1(C)CCCN(c2ncccc2S(=O)(=O)N2CCCCC2)CC1. The van der Waals surface area contributed by atoms with E-state index >= 15 is 0 Å². The first kappa shape index (κ1) is 17.7. The van der Waals surface area contributed by atoms with Gasteiger partial charge in [0.2, 0.25) is 10.0 Å². The maximum atomic E-state index is 13.1. The van der Waals surface area contributed by atoms with Gasteiger partial charge < -0.3 is 4.90 Å². The third-order valence-corrected chi connectivity index (χ3v) is 7.24. The predicted octanol–water partition coefficient (Wildman–Crippen LogP) is 3.27. The first-order valence-electron chi connectivity index (χ1n) is 9.10. The van der Waals surface area contributed by atoms with Crippen LogP contribution in [0.3, 0.4) is 0 Å². The summed E-state index contributed by atoms with van der Waals surface area (Å²) in [5.41, 5.74) is 0.315. The van der Waals surface area contributed by atoms with E-state index in [2.05, 4.69) is 23.7 Å². The molecule has 2 saturated heterocycles. The molecule has 5 nitrogen and oxygen atoms in total. The molecule has 2 fully saturated rings. The van der Waals surface area contributed by atoms with Crippen molar-refractivity contribution in [1.29, 1.82) is 0 Å². The van der Waals surface area contributed by atoms with Crippen LogP contribution in [0.25, 0.3) is 0 Å². The summed E-state index contributed by atoms with van der Waals surface area (Å²) in [6.45, 7) is 7.59. The zero-order valence-electron chi connectivity index (χ0n) is 14.9. The Hall–Kier alpha value is -1.14. The normalized spacial score (nSPS) is 23.0. The molecule has 3 rings (SSSR count). The predicted molar refractivity (Wildman–Crippen MR) is 96.7 cm³/mol. The van der Waals surface area contributed by atoms with Crippen LogP contribution in [-0.2, 0) is 10.0 Å². The van der Waals surface area contributed by atoms with Gasteiger partial charge in [-0.15, -0.1) is 0 Å². The largest absolute Gasteiger partial charge is 0.355 e. The number of sulfonamides is 1. The third-order valence-electron chi connectivity index (χ3n) is 5.32. The highest BCUT2D eigenvalue weighted by Crippen LogP contribution is 2.34. The fourth-order valence-electron chi connectivity index (χ4n) is 3.70. The summed E-state index contributed by atoms with van der Waals surface area (Å²) in [7, 11) is -3.45. The Bertz CT molecular complexity index is 667. The zero-order valence-corrected chi connectivity index (χ0v) is 15.7. The summed E-state index contributed by atoms with van der Waals surface area (Å²) in [6.07, 6.45) is 8.04. The molecular weight excluding hydrogens is 322 g/mol. The smallest absolute Gasteiger partial charge is 0.246 e. The van der Waals surface area contributed by atoms with Gasteiger partial charge in [0, 0.05) is 32.4 Å². The lowest BCUT2D eigenvalue weighted by molar-refractivity contribution is 0.325. The minimum atomic E-state index is -3.45. The summed E-state index contributed by atoms with van der Waals surface area (Å²) >= 11 is 0. The quantitative estimate of drug-likeness (QED) is 0.839. The molecule has 3 heterocycles. The van der Waals surface area contributed by atoms with Crippen LogP contribution in [0.1, 0.15) is 52.4 Å². The minimum Gasteiger partial charge on any atom is -0.355 e. The molecule has 0 saturated carbocycles. The Morgan fingerprint density at radius 2 is 1.75 bits per heavy atom. The molecule has 0 radical (unpaired) electrons. The van der Waals surface area contributed by atoms with Crippen molar-refractivity contribution in [3.8, 4) is 0 Å². The van der Waals surface area contributed by atoms with Crippen LogP contribution in [0, 0.1) is 5.41 Å². The van der Waals surface area contributed by atoms with Gasteiger partial charge in [-0.1, -0.05) is 20.3 Å². The molecule has 0 unspecified atom stereocenters. The Kier molecular flexibility index (Phi) is 5.16. The summed E-state index contributed by atoms with van der Waals surface area (Å²) < 4.78 is 27.9. The molecule has 0 aromatic carbocycles. The molecule has 2 aliphatic heterocycles. The average Bonchev–Trinajstić information content (AvgIpc) is 2.76. The number of rotatable bonds is 3. The van der Waals surface area contributed by atoms with E-state index < -0.39 is 10.0 Å². The highest BCUT2D eigenvalue weighted by atomic mass is 32.2. The number of hydrogen-bond acceptors (Lipinski definition) is 4. The van der Waals surface area contributed by atoms with Crippen molar-refractivity contribution < 1.29 is 8.42 Å². The number of hydrogen-bond donors (Lipinski definition) is 0. The van der Waals surface area contributed by atoms with Crippen LogP contribution in [0.4, 0.5) is 5.82 Å². The third kappa shape index (κ3) is 3.75. The second-order valence-electron chi connectivity index (χ2n) is 7.79. The van der Waals surface area contributed by atoms with Crippen molar-refractivity contribution >= 4 is 15.8 Å². The maximum Gasteiger partial charge on any atom is 0.246 e. The molecule has 24 heavy (non-hydrogen) atoms. The number of anilines is 1. The highest BCUT2D eigenvalue weighted by Gasteiger charge is 2.31. The number of piperidine rings is 1. The lowest BCUT2D eigenvalue weighted by atomic mass is 9.85. The summed E-state index contributed by atoms with van der Waals surface area (Å²) in [4.78, 5) is 7.03. The number of pyridine rings is 1. The van der Waals surface area contributed by atoms with Gasteiger partial charge in [0.15, 0.2) is 0 Å². The van der Waals surface area contributed by atoms with Crippen molar-refractivity contribution in [2.24, 2.45) is 5.41 Å². The van der Waals surface area contributed by atoms with Crippen molar-refractivity contribution in [2.75, 3.05) is 31.1 Å². The molecule has 1 aromatic heterocycles. The van der Waals surface area contributed by atoms with Crippen LogP contribution in [-0.4, -0.2) is 43.9 Å². The minimum absolute atomic E-state index is 0.315. The summed E-state index contributed by atoms with van der Waals surface area (Å²) in [5, 5.41) is 0. The highest BCUT2D eigenvalue weighted by molar-refractivity contribution is 7.89. The van der Waals surface area contributed by atoms with Crippen LogP contribution >= 0.6 is 0 Å². The zero-order chi connectivity index (χ0) is 17.2. The van der Waals surface area contributed by atoms with Gasteiger partial charge in [0.25, 0.3) is 0 Å². The lowest BCUT2D eigenvalue weighted by Gasteiger charge is -2.29. The monoisotopic (exact) mass is 351 g/mol. The van der Waals surface area contributed by atoms with Gasteiger partial charge in [0.1, 0.15) is 10.7 Å². The molecule has 0 N–H and O–H groups in total. The fourth-order valence-corrected chi connectivity index (χ4v) is 5.38. The van der Waals surface area contributed by atoms with Crippen molar-refractivity contribution in [3.63, 3.8) is 0 Å². The standard InChI is InChI=1S/C18H29N3O2S/c1-18(2)9-7-12-20(15-10-18)17-16(8-6-11-19-17)24(22,23)21-13-4-3-5-14-21/h6,8,11H,3-5,7,9-10,12-15H2,1-2H3. The van der Waals surface area contributed by atoms with Crippen LogP contribution < -0.4 is 4.90 Å².